The molecule has 1 amide bonds. The minimum absolute atomic E-state index is 0.125. The molecule has 2 N–H and O–H groups in total. The van der Waals surface area contributed by atoms with Gasteiger partial charge in [0.25, 0.3) is 5.91 Å². The summed E-state index contributed by atoms with van der Waals surface area (Å²) in [6, 6.07) is 8.94. The van der Waals surface area contributed by atoms with E-state index in [1.54, 1.807) is 13.8 Å². The van der Waals surface area contributed by atoms with E-state index in [4.69, 9.17) is 9.84 Å². The first-order valence-corrected chi connectivity index (χ1v) is 7.93. The van der Waals surface area contributed by atoms with Crippen molar-refractivity contribution in [2.75, 3.05) is 6.54 Å². The van der Waals surface area contributed by atoms with Crippen molar-refractivity contribution in [2.24, 2.45) is 5.41 Å². The molecule has 0 aliphatic rings. The van der Waals surface area contributed by atoms with E-state index in [1.807, 2.05) is 0 Å². The molecule has 0 aliphatic heterocycles. The smallest absolute Gasteiger partial charge is 0.309 e. The Hall–Kier alpha value is -2.96. The Labute approximate surface area is 149 Å². The molecule has 0 bridgehead atoms. The Balaban J connectivity index is 1.94. The molecule has 0 atom stereocenters. The molecule has 26 heavy (non-hydrogen) atoms. The Morgan fingerprint density at radius 1 is 1.12 bits per heavy atom. The van der Waals surface area contributed by atoms with Crippen LogP contribution in [-0.4, -0.2) is 23.5 Å². The highest BCUT2D eigenvalue weighted by atomic mass is 19.1. The lowest BCUT2D eigenvalue weighted by molar-refractivity contribution is -0.147. The number of carbonyl (C=O) groups excluding carboxylic acids is 1. The van der Waals surface area contributed by atoms with E-state index in [1.165, 1.54) is 30.3 Å². The monoisotopic (exact) mass is 363 g/mol. The van der Waals surface area contributed by atoms with E-state index >= 15 is 0 Å². The normalized spacial score (nSPS) is 11.1. The second-order valence-corrected chi connectivity index (χ2v) is 6.40. The maximum atomic E-state index is 13.6. The van der Waals surface area contributed by atoms with Gasteiger partial charge in [-0.2, -0.15) is 0 Å². The highest BCUT2D eigenvalue weighted by Gasteiger charge is 2.26. The van der Waals surface area contributed by atoms with Gasteiger partial charge in [-0.1, -0.05) is 0 Å². The number of amides is 1. The topological polar surface area (TPSA) is 75.6 Å². The van der Waals surface area contributed by atoms with Gasteiger partial charge in [0.2, 0.25) is 0 Å². The molecular formula is C19H19F2NO4. The standard InChI is InChI=1S/C19H19F2NO4/c1-19(2,18(24)25)9-10-22-17(23)12-3-6-14(7-4-12)26-16-8-5-13(20)11-15(16)21/h3-8,11H,9-10H2,1-2H3,(H,22,23)(H,24,25). The SMILES string of the molecule is CC(C)(CCNC(=O)c1ccc(Oc2ccc(F)cc2F)cc1)C(=O)O. The summed E-state index contributed by atoms with van der Waals surface area (Å²) in [4.78, 5) is 23.1. The van der Waals surface area contributed by atoms with Crippen molar-refractivity contribution >= 4 is 11.9 Å². The van der Waals surface area contributed by atoms with Gasteiger partial charge in [0.05, 0.1) is 5.41 Å². The van der Waals surface area contributed by atoms with Gasteiger partial charge in [-0.25, -0.2) is 8.78 Å². The van der Waals surface area contributed by atoms with Crippen LogP contribution in [0.15, 0.2) is 42.5 Å². The molecule has 0 saturated heterocycles. The Kier molecular flexibility index (Phi) is 5.92. The first-order chi connectivity index (χ1) is 12.2. The van der Waals surface area contributed by atoms with Crippen LogP contribution in [0.3, 0.4) is 0 Å². The van der Waals surface area contributed by atoms with Crippen molar-refractivity contribution in [3.05, 3.63) is 59.7 Å². The van der Waals surface area contributed by atoms with Crippen LogP contribution >= 0.6 is 0 Å². The fraction of sp³-hybridized carbons (Fsp3) is 0.263. The molecule has 2 rings (SSSR count). The van der Waals surface area contributed by atoms with Crippen LogP contribution in [0.5, 0.6) is 11.5 Å². The number of halogens is 2. The zero-order valence-corrected chi connectivity index (χ0v) is 14.4. The molecular weight excluding hydrogens is 344 g/mol. The molecule has 0 fully saturated rings. The quantitative estimate of drug-likeness (QED) is 0.780. The zero-order valence-electron chi connectivity index (χ0n) is 14.4. The molecule has 0 saturated carbocycles. The predicted molar refractivity (Wildman–Crippen MR) is 91.2 cm³/mol. The van der Waals surface area contributed by atoms with Crippen LogP contribution in [0.1, 0.15) is 30.6 Å². The summed E-state index contributed by atoms with van der Waals surface area (Å²) in [7, 11) is 0. The summed E-state index contributed by atoms with van der Waals surface area (Å²) in [6.45, 7) is 3.39. The Morgan fingerprint density at radius 2 is 1.77 bits per heavy atom. The number of nitrogens with one attached hydrogen (secondary N) is 1. The first-order valence-electron chi connectivity index (χ1n) is 7.93. The summed E-state index contributed by atoms with van der Waals surface area (Å²) in [5.74, 6) is -2.65. The fourth-order valence-corrected chi connectivity index (χ4v) is 2.06. The maximum absolute atomic E-state index is 13.6. The van der Waals surface area contributed by atoms with Crippen LogP contribution in [0.25, 0.3) is 0 Å². The van der Waals surface area contributed by atoms with E-state index in [9.17, 15) is 18.4 Å². The minimum Gasteiger partial charge on any atom is -0.481 e. The van der Waals surface area contributed by atoms with Crippen LogP contribution in [0, 0.1) is 17.0 Å². The predicted octanol–water partition coefficient (Wildman–Crippen LogP) is 3.99. The summed E-state index contributed by atoms with van der Waals surface area (Å²) < 4.78 is 31.8. The van der Waals surface area contributed by atoms with Gasteiger partial charge in [0.1, 0.15) is 11.6 Å². The van der Waals surface area contributed by atoms with Crippen molar-refractivity contribution in [3.8, 4) is 11.5 Å². The molecule has 0 unspecified atom stereocenters. The zero-order chi connectivity index (χ0) is 19.3. The molecule has 138 valence electrons. The summed E-state index contributed by atoms with van der Waals surface area (Å²) in [5, 5.41) is 11.7. The number of rotatable bonds is 7. The number of hydrogen-bond donors (Lipinski definition) is 2. The van der Waals surface area contributed by atoms with E-state index in [2.05, 4.69) is 5.32 Å². The number of benzene rings is 2. The number of hydrogen-bond acceptors (Lipinski definition) is 3. The summed E-state index contributed by atoms with van der Waals surface area (Å²) in [5.41, 5.74) is -0.574. The minimum atomic E-state index is -0.929. The van der Waals surface area contributed by atoms with E-state index in [0.717, 1.165) is 12.1 Å². The van der Waals surface area contributed by atoms with Crippen molar-refractivity contribution < 1.29 is 28.2 Å². The molecule has 2 aromatic carbocycles. The molecule has 2 aromatic rings. The largest absolute Gasteiger partial charge is 0.481 e. The molecule has 0 aliphatic carbocycles. The lowest BCUT2D eigenvalue weighted by Crippen LogP contribution is -2.31. The van der Waals surface area contributed by atoms with E-state index < -0.39 is 23.0 Å². The third-order valence-electron chi connectivity index (χ3n) is 3.85. The highest BCUT2D eigenvalue weighted by Crippen LogP contribution is 2.25. The summed E-state index contributed by atoms with van der Waals surface area (Å²) in [6.07, 6.45) is 0.291. The van der Waals surface area contributed by atoms with E-state index in [0.29, 0.717) is 17.7 Å². The van der Waals surface area contributed by atoms with Crippen molar-refractivity contribution in [3.63, 3.8) is 0 Å². The Morgan fingerprint density at radius 3 is 2.35 bits per heavy atom. The number of ether oxygens (including phenoxy) is 1. The van der Waals surface area contributed by atoms with Gasteiger partial charge in [0, 0.05) is 18.2 Å². The third kappa shape index (κ3) is 5.02. The lowest BCUT2D eigenvalue weighted by Gasteiger charge is -2.18. The first kappa shape index (κ1) is 19.4. The van der Waals surface area contributed by atoms with Crippen molar-refractivity contribution in [2.45, 2.75) is 20.3 Å². The van der Waals surface area contributed by atoms with Crippen molar-refractivity contribution in [1.29, 1.82) is 0 Å². The average molecular weight is 363 g/mol. The molecule has 0 radical (unpaired) electrons. The molecule has 5 nitrogen and oxygen atoms in total. The third-order valence-corrected chi connectivity index (χ3v) is 3.85. The van der Waals surface area contributed by atoms with Gasteiger partial charge in [-0.15, -0.1) is 0 Å². The van der Waals surface area contributed by atoms with Crippen LogP contribution in [-0.2, 0) is 4.79 Å². The van der Waals surface area contributed by atoms with Gasteiger partial charge >= 0.3 is 5.97 Å². The van der Waals surface area contributed by atoms with Crippen LogP contribution in [0.4, 0.5) is 8.78 Å². The number of carboxylic acids is 1. The number of carbonyl (C=O) groups is 2. The second-order valence-electron chi connectivity index (χ2n) is 6.40. The number of carboxylic acid groups (broad SMARTS) is 1. The van der Waals surface area contributed by atoms with Gasteiger partial charge in [-0.05, 0) is 56.7 Å². The van der Waals surface area contributed by atoms with Crippen molar-refractivity contribution in [1.82, 2.24) is 5.32 Å². The summed E-state index contributed by atoms with van der Waals surface area (Å²) >= 11 is 0. The average Bonchev–Trinajstić information content (AvgIpc) is 2.57. The number of aliphatic carboxylic acids is 1. The Bertz CT molecular complexity index is 804. The fourth-order valence-electron chi connectivity index (χ4n) is 2.06. The van der Waals surface area contributed by atoms with Gasteiger partial charge < -0.3 is 15.2 Å². The van der Waals surface area contributed by atoms with Crippen LogP contribution in [0.2, 0.25) is 0 Å². The molecule has 0 heterocycles. The van der Waals surface area contributed by atoms with Crippen LogP contribution < -0.4 is 10.1 Å². The van der Waals surface area contributed by atoms with E-state index in [-0.39, 0.29) is 18.2 Å². The second kappa shape index (κ2) is 7.95. The molecule has 0 spiro atoms. The maximum Gasteiger partial charge on any atom is 0.309 e. The molecule has 0 aromatic heterocycles. The lowest BCUT2D eigenvalue weighted by atomic mass is 9.90. The highest BCUT2D eigenvalue weighted by molar-refractivity contribution is 5.94. The van der Waals surface area contributed by atoms with Gasteiger partial charge in [-0.3, -0.25) is 9.59 Å². The van der Waals surface area contributed by atoms with Gasteiger partial charge in [0.15, 0.2) is 11.6 Å². The molecule has 7 heteroatoms.